The zero-order valence-electron chi connectivity index (χ0n) is 14.5. The lowest BCUT2D eigenvalue weighted by Crippen LogP contribution is -2.35. The van der Waals surface area contributed by atoms with Crippen LogP contribution < -0.4 is 15.6 Å². The second kappa shape index (κ2) is 8.66. The summed E-state index contributed by atoms with van der Waals surface area (Å²) in [5.74, 6) is 0.405. The van der Waals surface area contributed by atoms with Crippen LogP contribution in [0.15, 0.2) is 59.8 Å². The highest BCUT2D eigenvalue weighted by Crippen LogP contribution is 2.38. The standard InChI is InChI=1S/C20H19N3O4/c24-13-21-22-19(25)8-2-1-5-11-27-14-9-10-16-15-6-3-4-7-17(15)20(23-26)18(16)12-14/h1,3-7,9-10,12-13,26H,2,8,11H2,(H,21,24)(H,22,25)/b5-1+,23-20-. The van der Waals surface area contributed by atoms with E-state index in [1.807, 2.05) is 54.6 Å². The summed E-state index contributed by atoms with van der Waals surface area (Å²) in [6, 6.07) is 13.5. The van der Waals surface area contributed by atoms with Crippen molar-refractivity contribution in [3.05, 3.63) is 65.7 Å². The number of hydrogen-bond acceptors (Lipinski definition) is 5. The van der Waals surface area contributed by atoms with Crippen molar-refractivity contribution in [2.24, 2.45) is 5.16 Å². The maximum Gasteiger partial charge on any atom is 0.238 e. The van der Waals surface area contributed by atoms with Gasteiger partial charge in [-0.1, -0.05) is 41.6 Å². The van der Waals surface area contributed by atoms with Gasteiger partial charge in [-0.05, 0) is 35.7 Å². The number of benzene rings is 2. The van der Waals surface area contributed by atoms with E-state index in [2.05, 4.69) is 16.0 Å². The molecule has 0 unspecified atom stereocenters. The molecular weight excluding hydrogens is 346 g/mol. The SMILES string of the molecule is O=CNNC(=O)CC/C=C/COc1ccc2c(c1)/C(=N\O)c1ccccc1-2. The van der Waals surface area contributed by atoms with Crippen molar-refractivity contribution < 1.29 is 19.5 Å². The number of ether oxygens (including phenoxy) is 1. The first-order valence-corrected chi connectivity index (χ1v) is 8.46. The van der Waals surface area contributed by atoms with Crippen LogP contribution in [-0.2, 0) is 9.59 Å². The van der Waals surface area contributed by atoms with E-state index >= 15 is 0 Å². The number of nitrogens with zero attached hydrogens (tertiary/aromatic N) is 1. The van der Waals surface area contributed by atoms with Gasteiger partial charge in [-0.2, -0.15) is 0 Å². The number of hydrazine groups is 1. The van der Waals surface area contributed by atoms with Crippen molar-refractivity contribution in [3.8, 4) is 16.9 Å². The minimum atomic E-state index is -0.262. The first-order valence-electron chi connectivity index (χ1n) is 8.46. The van der Waals surface area contributed by atoms with Crippen molar-refractivity contribution in [2.45, 2.75) is 12.8 Å². The Morgan fingerprint density at radius 3 is 2.63 bits per heavy atom. The molecule has 0 aliphatic heterocycles. The summed E-state index contributed by atoms with van der Waals surface area (Å²) >= 11 is 0. The topological polar surface area (TPSA) is 100 Å². The Balaban J connectivity index is 1.56. The third-order valence-electron chi connectivity index (χ3n) is 4.14. The molecule has 7 nitrogen and oxygen atoms in total. The minimum absolute atomic E-state index is 0.262. The Hall–Kier alpha value is -3.61. The van der Waals surface area contributed by atoms with Crippen LogP contribution in [-0.4, -0.2) is 29.8 Å². The molecule has 0 spiro atoms. The van der Waals surface area contributed by atoms with Gasteiger partial charge < -0.3 is 9.94 Å². The van der Waals surface area contributed by atoms with Gasteiger partial charge in [0.05, 0.1) is 0 Å². The molecule has 2 aromatic rings. The summed E-state index contributed by atoms with van der Waals surface area (Å²) in [5, 5.41) is 12.9. The molecule has 0 radical (unpaired) electrons. The highest BCUT2D eigenvalue weighted by atomic mass is 16.5. The Morgan fingerprint density at radius 1 is 1.07 bits per heavy atom. The summed E-state index contributed by atoms with van der Waals surface area (Å²) < 4.78 is 5.71. The number of oxime groups is 1. The zero-order chi connectivity index (χ0) is 19.1. The largest absolute Gasteiger partial charge is 0.490 e. The van der Waals surface area contributed by atoms with Gasteiger partial charge in [0, 0.05) is 17.5 Å². The van der Waals surface area contributed by atoms with Gasteiger partial charge in [0.1, 0.15) is 18.1 Å². The predicted molar refractivity (Wildman–Crippen MR) is 101 cm³/mol. The van der Waals surface area contributed by atoms with E-state index < -0.39 is 0 Å². The van der Waals surface area contributed by atoms with Crippen LogP contribution in [0.25, 0.3) is 11.1 Å². The summed E-state index contributed by atoms with van der Waals surface area (Å²) in [4.78, 5) is 21.3. The maximum atomic E-state index is 11.3. The fraction of sp³-hybridized carbons (Fsp3) is 0.150. The number of nitrogens with one attached hydrogen (secondary N) is 2. The van der Waals surface area contributed by atoms with Gasteiger partial charge in [0.2, 0.25) is 12.3 Å². The lowest BCUT2D eigenvalue weighted by molar-refractivity contribution is -0.124. The van der Waals surface area contributed by atoms with Crippen molar-refractivity contribution in [2.75, 3.05) is 6.61 Å². The molecule has 138 valence electrons. The van der Waals surface area contributed by atoms with E-state index in [1.54, 1.807) is 0 Å². The van der Waals surface area contributed by atoms with Gasteiger partial charge in [-0.3, -0.25) is 20.4 Å². The fourth-order valence-electron chi connectivity index (χ4n) is 2.94. The van der Waals surface area contributed by atoms with Gasteiger partial charge in [0.25, 0.3) is 0 Å². The third-order valence-corrected chi connectivity index (χ3v) is 4.14. The van der Waals surface area contributed by atoms with E-state index in [4.69, 9.17) is 4.74 Å². The molecule has 0 heterocycles. The molecule has 0 saturated carbocycles. The molecule has 0 aromatic heterocycles. The highest BCUT2D eigenvalue weighted by Gasteiger charge is 2.25. The fourth-order valence-corrected chi connectivity index (χ4v) is 2.94. The third kappa shape index (κ3) is 4.14. The molecule has 7 heteroatoms. The van der Waals surface area contributed by atoms with Crippen LogP contribution >= 0.6 is 0 Å². The van der Waals surface area contributed by atoms with E-state index in [0.29, 0.717) is 30.9 Å². The molecule has 3 rings (SSSR count). The summed E-state index contributed by atoms with van der Waals surface area (Å²) in [6.45, 7) is 0.353. The lowest BCUT2D eigenvalue weighted by atomic mass is 10.1. The van der Waals surface area contributed by atoms with Gasteiger partial charge in [0.15, 0.2) is 0 Å². The molecule has 0 fully saturated rings. The molecule has 3 N–H and O–H groups in total. The van der Waals surface area contributed by atoms with Crippen LogP contribution in [0.4, 0.5) is 0 Å². The van der Waals surface area contributed by atoms with Gasteiger partial charge in [-0.25, -0.2) is 0 Å². The highest BCUT2D eigenvalue weighted by molar-refractivity contribution is 6.24. The van der Waals surface area contributed by atoms with Crippen LogP contribution in [0.1, 0.15) is 24.0 Å². The van der Waals surface area contributed by atoms with Crippen LogP contribution in [0.5, 0.6) is 5.75 Å². The van der Waals surface area contributed by atoms with E-state index in [0.717, 1.165) is 22.3 Å². The number of carbonyl (C=O) groups is 2. The molecule has 1 aliphatic carbocycles. The van der Waals surface area contributed by atoms with Crippen molar-refractivity contribution in [3.63, 3.8) is 0 Å². The summed E-state index contributed by atoms with van der Waals surface area (Å²) in [6.07, 6.45) is 4.87. The van der Waals surface area contributed by atoms with E-state index in [9.17, 15) is 14.8 Å². The second-order valence-electron chi connectivity index (χ2n) is 5.83. The Labute approximate surface area is 156 Å². The molecule has 0 bridgehead atoms. The maximum absolute atomic E-state index is 11.3. The van der Waals surface area contributed by atoms with Crippen LogP contribution in [0.2, 0.25) is 0 Å². The Kier molecular flexibility index (Phi) is 5.84. The summed E-state index contributed by atoms with van der Waals surface area (Å²) in [5.41, 5.74) is 8.65. The van der Waals surface area contributed by atoms with E-state index in [1.165, 1.54) is 0 Å². The molecular formula is C20H19N3O4. The first kappa shape index (κ1) is 18.2. The average molecular weight is 365 g/mol. The predicted octanol–water partition coefficient (Wildman–Crippen LogP) is 2.39. The van der Waals surface area contributed by atoms with Gasteiger partial charge in [-0.15, -0.1) is 0 Å². The molecule has 27 heavy (non-hydrogen) atoms. The molecule has 2 aromatic carbocycles. The first-order chi connectivity index (χ1) is 13.2. The lowest BCUT2D eigenvalue weighted by Gasteiger charge is -2.06. The van der Waals surface area contributed by atoms with Crippen molar-refractivity contribution in [1.29, 1.82) is 0 Å². The average Bonchev–Trinajstić information content (AvgIpc) is 3.01. The quantitative estimate of drug-likeness (QED) is 0.247. The van der Waals surface area contributed by atoms with Gasteiger partial charge >= 0.3 is 0 Å². The molecule has 0 saturated heterocycles. The number of carbonyl (C=O) groups excluding carboxylic acids is 2. The second-order valence-corrected chi connectivity index (χ2v) is 5.83. The van der Waals surface area contributed by atoms with Crippen molar-refractivity contribution in [1.82, 2.24) is 10.9 Å². The number of hydrogen-bond donors (Lipinski definition) is 3. The Morgan fingerprint density at radius 2 is 1.85 bits per heavy atom. The molecule has 0 atom stereocenters. The normalized spacial score (nSPS) is 13.3. The zero-order valence-corrected chi connectivity index (χ0v) is 14.5. The number of rotatable bonds is 8. The molecule has 2 amide bonds. The van der Waals surface area contributed by atoms with Crippen molar-refractivity contribution >= 4 is 18.0 Å². The molecule has 1 aliphatic rings. The van der Waals surface area contributed by atoms with E-state index in [-0.39, 0.29) is 12.3 Å². The Bertz CT molecular complexity index is 906. The van der Waals surface area contributed by atoms with Crippen LogP contribution in [0.3, 0.4) is 0 Å². The minimum Gasteiger partial charge on any atom is -0.490 e. The monoisotopic (exact) mass is 365 g/mol. The number of fused-ring (bicyclic) bond motifs is 3. The number of amides is 2. The van der Waals surface area contributed by atoms with Crippen LogP contribution in [0, 0.1) is 0 Å². The smallest absolute Gasteiger partial charge is 0.238 e. The summed E-state index contributed by atoms with van der Waals surface area (Å²) in [7, 11) is 0. The number of allylic oxidation sites excluding steroid dienone is 1.